The van der Waals surface area contributed by atoms with E-state index in [9.17, 15) is 14.4 Å². The number of esters is 1. The summed E-state index contributed by atoms with van der Waals surface area (Å²) >= 11 is 0. The first-order valence-corrected chi connectivity index (χ1v) is 10.3. The van der Waals surface area contributed by atoms with E-state index in [0.717, 1.165) is 28.7 Å². The van der Waals surface area contributed by atoms with Crippen LogP contribution in [0, 0.1) is 0 Å². The molecule has 31 heavy (non-hydrogen) atoms. The lowest BCUT2D eigenvalue weighted by Gasteiger charge is -2.32. The van der Waals surface area contributed by atoms with Crippen molar-refractivity contribution in [3.05, 3.63) is 82.4 Å². The molecule has 0 heterocycles. The fourth-order valence-corrected chi connectivity index (χ4v) is 3.68. The van der Waals surface area contributed by atoms with Gasteiger partial charge in [0.15, 0.2) is 5.78 Å². The predicted molar refractivity (Wildman–Crippen MR) is 120 cm³/mol. The van der Waals surface area contributed by atoms with E-state index in [1.54, 1.807) is 31.2 Å². The van der Waals surface area contributed by atoms with E-state index >= 15 is 0 Å². The molecule has 0 bridgehead atoms. The molecule has 2 aromatic carbocycles. The van der Waals surface area contributed by atoms with Gasteiger partial charge < -0.3 is 9.84 Å². The van der Waals surface area contributed by atoms with Crippen LogP contribution in [-0.4, -0.2) is 29.4 Å². The van der Waals surface area contributed by atoms with Crippen LogP contribution in [0.25, 0.3) is 11.6 Å². The van der Waals surface area contributed by atoms with E-state index in [2.05, 4.69) is 19.9 Å². The highest BCUT2D eigenvalue weighted by Gasteiger charge is 2.29. The highest BCUT2D eigenvalue weighted by molar-refractivity contribution is 6.07. The molecule has 1 aliphatic rings. The van der Waals surface area contributed by atoms with Gasteiger partial charge in [-0.1, -0.05) is 50.3 Å². The SMILES string of the molecule is CCOC(=O)CC1=CCC(C)(C)c2cc(C(=O)C=Cc3ccc(C(=O)O)cc3)ccc21. The Hall–Kier alpha value is -3.47. The molecular weight excluding hydrogens is 392 g/mol. The van der Waals surface area contributed by atoms with E-state index in [-0.39, 0.29) is 29.2 Å². The lowest BCUT2D eigenvalue weighted by atomic mass is 9.72. The largest absolute Gasteiger partial charge is 0.478 e. The number of benzene rings is 2. The zero-order valence-corrected chi connectivity index (χ0v) is 18.0. The molecule has 2 aromatic rings. The Morgan fingerprint density at radius 2 is 1.74 bits per heavy atom. The molecule has 0 radical (unpaired) electrons. The topological polar surface area (TPSA) is 80.7 Å². The highest BCUT2D eigenvalue weighted by atomic mass is 16.5. The van der Waals surface area contributed by atoms with E-state index in [0.29, 0.717) is 12.2 Å². The van der Waals surface area contributed by atoms with E-state index < -0.39 is 5.97 Å². The number of allylic oxidation sites excluding steroid dienone is 2. The van der Waals surface area contributed by atoms with Crippen molar-refractivity contribution in [3.63, 3.8) is 0 Å². The summed E-state index contributed by atoms with van der Waals surface area (Å²) in [6.45, 7) is 6.38. The summed E-state index contributed by atoms with van der Waals surface area (Å²) < 4.78 is 5.09. The van der Waals surface area contributed by atoms with Crippen LogP contribution in [-0.2, 0) is 14.9 Å². The lowest BCUT2D eigenvalue weighted by Crippen LogP contribution is -2.23. The lowest BCUT2D eigenvalue weighted by molar-refractivity contribution is -0.141. The van der Waals surface area contributed by atoms with Gasteiger partial charge in [0, 0.05) is 5.56 Å². The fourth-order valence-electron chi connectivity index (χ4n) is 3.68. The fraction of sp³-hybridized carbons (Fsp3) is 0.269. The first kappa shape index (κ1) is 22.2. The number of fused-ring (bicyclic) bond motifs is 1. The summed E-state index contributed by atoms with van der Waals surface area (Å²) in [7, 11) is 0. The maximum Gasteiger partial charge on any atom is 0.335 e. The second-order valence-electron chi connectivity index (χ2n) is 8.18. The number of ether oxygens (including phenoxy) is 1. The number of carbonyl (C=O) groups excluding carboxylic acids is 2. The summed E-state index contributed by atoms with van der Waals surface area (Å²) in [6.07, 6.45) is 6.24. The summed E-state index contributed by atoms with van der Waals surface area (Å²) in [5.74, 6) is -1.38. The standard InChI is InChI=1S/C26H26O5/c1-4-31-24(28)16-19-13-14-26(2,3)22-15-20(10-11-21(19)22)23(27)12-7-17-5-8-18(9-6-17)25(29)30/h5-13,15H,4,14,16H2,1-3H3,(H,29,30). The molecule has 5 nitrogen and oxygen atoms in total. The highest BCUT2D eigenvalue weighted by Crippen LogP contribution is 2.40. The molecule has 0 aliphatic heterocycles. The normalized spacial score (nSPS) is 14.6. The molecule has 1 aliphatic carbocycles. The molecule has 0 amide bonds. The first-order chi connectivity index (χ1) is 14.7. The number of carboxylic acid groups (broad SMARTS) is 1. The third kappa shape index (κ3) is 5.18. The third-order valence-electron chi connectivity index (χ3n) is 5.46. The van der Waals surface area contributed by atoms with Crippen LogP contribution in [0.5, 0.6) is 0 Å². The summed E-state index contributed by atoms with van der Waals surface area (Å²) in [4.78, 5) is 35.7. The van der Waals surface area contributed by atoms with Gasteiger partial charge in [-0.15, -0.1) is 0 Å². The number of aromatic carboxylic acids is 1. The van der Waals surface area contributed by atoms with Gasteiger partial charge in [-0.25, -0.2) is 4.79 Å². The minimum Gasteiger partial charge on any atom is -0.478 e. The van der Waals surface area contributed by atoms with Crippen molar-refractivity contribution in [2.45, 2.75) is 39.0 Å². The van der Waals surface area contributed by atoms with Crippen molar-refractivity contribution in [2.24, 2.45) is 0 Å². The van der Waals surface area contributed by atoms with Crippen molar-refractivity contribution in [3.8, 4) is 0 Å². The third-order valence-corrected chi connectivity index (χ3v) is 5.46. The smallest absolute Gasteiger partial charge is 0.335 e. The molecule has 3 rings (SSSR count). The Bertz CT molecular complexity index is 1070. The Balaban J connectivity index is 1.83. The van der Waals surface area contributed by atoms with Crippen molar-refractivity contribution in [2.75, 3.05) is 6.61 Å². The average Bonchev–Trinajstić information content (AvgIpc) is 2.74. The second kappa shape index (κ2) is 9.13. The molecule has 0 fully saturated rings. The number of hydrogen-bond acceptors (Lipinski definition) is 4. The van der Waals surface area contributed by atoms with Gasteiger partial charge in [0.2, 0.25) is 0 Å². The van der Waals surface area contributed by atoms with Gasteiger partial charge in [0.25, 0.3) is 0 Å². The van der Waals surface area contributed by atoms with Crippen molar-refractivity contribution in [1.29, 1.82) is 0 Å². The van der Waals surface area contributed by atoms with Crippen LogP contribution in [0.4, 0.5) is 0 Å². The molecule has 0 saturated carbocycles. The molecule has 5 heteroatoms. The quantitative estimate of drug-likeness (QED) is 0.375. The summed E-state index contributed by atoms with van der Waals surface area (Å²) in [6, 6.07) is 11.9. The number of ketones is 1. The number of carbonyl (C=O) groups is 3. The maximum absolute atomic E-state index is 12.8. The van der Waals surface area contributed by atoms with Crippen LogP contribution < -0.4 is 0 Å². The van der Waals surface area contributed by atoms with Gasteiger partial charge in [-0.2, -0.15) is 0 Å². The van der Waals surface area contributed by atoms with E-state index in [1.165, 1.54) is 18.2 Å². The number of hydrogen-bond donors (Lipinski definition) is 1. The van der Waals surface area contributed by atoms with Crippen LogP contribution >= 0.6 is 0 Å². The minimum atomic E-state index is -0.986. The predicted octanol–water partition coefficient (Wildman–Crippen LogP) is 5.30. The van der Waals surface area contributed by atoms with Gasteiger partial charge in [0.1, 0.15) is 0 Å². The molecule has 0 aromatic heterocycles. The first-order valence-electron chi connectivity index (χ1n) is 10.3. The number of carboxylic acids is 1. The van der Waals surface area contributed by atoms with Crippen LogP contribution in [0.2, 0.25) is 0 Å². The molecule has 1 N–H and O–H groups in total. The molecule has 0 unspecified atom stereocenters. The molecular formula is C26H26O5. The maximum atomic E-state index is 12.8. The van der Waals surface area contributed by atoms with E-state index in [4.69, 9.17) is 9.84 Å². The molecule has 0 spiro atoms. The second-order valence-corrected chi connectivity index (χ2v) is 8.18. The number of rotatable bonds is 7. The van der Waals surface area contributed by atoms with Crippen molar-refractivity contribution >= 4 is 29.4 Å². The average molecular weight is 418 g/mol. The van der Waals surface area contributed by atoms with E-state index in [1.807, 2.05) is 12.1 Å². The Morgan fingerprint density at radius 1 is 1.06 bits per heavy atom. The van der Waals surface area contributed by atoms with Crippen LogP contribution in [0.1, 0.15) is 71.0 Å². The zero-order chi connectivity index (χ0) is 22.6. The molecule has 160 valence electrons. The summed E-state index contributed by atoms with van der Waals surface area (Å²) in [5.41, 5.74) is 4.32. The van der Waals surface area contributed by atoms with Crippen molar-refractivity contribution in [1.82, 2.24) is 0 Å². The van der Waals surface area contributed by atoms with Crippen molar-refractivity contribution < 1.29 is 24.2 Å². The minimum absolute atomic E-state index is 0.137. The Labute approximate surface area is 182 Å². The van der Waals surface area contributed by atoms with Crippen LogP contribution in [0.3, 0.4) is 0 Å². The summed E-state index contributed by atoms with van der Waals surface area (Å²) in [5, 5.41) is 8.97. The van der Waals surface area contributed by atoms with Gasteiger partial charge in [-0.3, -0.25) is 9.59 Å². The molecule has 0 saturated heterocycles. The van der Waals surface area contributed by atoms with Gasteiger partial charge >= 0.3 is 11.9 Å². The Kier molecular flexibility index (Phi) is 6.54. The Morgan fingerprint density at radius 3 is 2.39 bits per heavy atom. The molecule has 0 atom stereocenters. The van der Waals surface area contributed by atoms with Gasteiger partial charge in [0.05, 0.1) is 18.6 Å². The van der Waals surface area contributed by atoms with Gasteiger partial charge in [-0.05, 0) is 65.3 Å². The monoisotopic (exact) mass is 418 g/mol. The zero-order valence-electron chi connectivity index (χ0n) is 18.0. The van der Waals surface area contributed by atoms with Crippen LogP contribution in [0.15, 0.2) is 54.6 Å².